The lowest BCUT2D eigenvalue weighted by Crippen LogP contribution is -2.26. The normalized spacial score (nSPS) is 11.3. The number of nitrogens with one attached hydrogen (secondary N) is 2. The highest BCUT2D eigenvalue weighted by molar-refractivity contribution is 6.06. The lowest BCUT2D eigenvalue weighted by molar-refractivity contribution is 0.0785. The zero-order chi connectivity index (χ0) is 22.2. The molecule has 7 nitrogen and oxygen atoms in total. The molecule has 0 aliphatic carbocycles. The number of aryl methyl sites for hydroxylation is 1. The van der Waals surface area contributed by atoms with Gasteiger partial charge in [0.2, 0.25) is 0 Å². The smallest absolute Gasteiger partial charge is 0.323 e. The minimum Gasteiger partial charge on any atom is -0.337 e. The molecule has 0 bridgehead atoms. The lowest BCUT2D eigenvalue weighted by atomic mass is 9.96. The maximum atomic E-state index is 13.1. The molecule has 0 saturated carbocycles. The van der Waals surface area contributed by atoms with E-state index in [2.05, 4.69) is 15.1 Å². The number of hydrogen-bond acceptors (Lipinski definition) is 3. The molecule has 0 aliphatic rings. The van der Waals surface area contributed by atoms with Gasteiger partial charge in [0.15, 0.2) is 0 Å². The molecule has 2 heterocycles. The van der Waals surface area contributed by atoms with E-state index < -0.39 is 0 Å². The molecule has 0 unspecified atom stereocenters. The molecule has 0 radical (unpaired) electrons. The van der Waals surface area contributed by atoms with E-state index in [-0.39, 0.29) is 11.6 Å². The van der Waals surface area contributed by atoms with Gasteiger partial charge in [-0.25, -0.2) is 4.79 Å². The first-order valence-electron chi connectivity index (χ1n) is 10.5. The molecule has 7 heteroatoms. The topological polar surface area (TPSA) is 86.8 Å². The van der Waals surface area contributed by atoms with Crippen LogP contribution in [0.3, 0.4) is 0 Å². The summed E-state index contributed by atoms with van der Waals surface area (Å²) >= 11 is 0. The van der Waals surface area contributed by atoms with Gasteiger partial charge in [0.25, 0.3) is 5.91 Å². The number of amides is 1. The molecular weight excluding hydrogens is 402 g/mol. The van der Waals surface area contributed by atoms with E-state index in [0.29, 0.717) is 12.1 Å². The fraction of sp³-hybridized carbons (Fsp3) is 0.160. The van der Waals surface area contributed by atoms with Crippen molar-refractivity contribution in [3.05, 3.63) is 88.6 Å². The molecule has 0 fully saturated rings. The van der Waals surface area contributed by atoms with Crippen LogP contribution in [-0.4, -0.2) is 37.6 Å². The van der Waals surface area contributed by atoms with Gasteiger partial charge in [0.05, 0.1) is 17.2 Å². The van der Waals surface area contributed by atoms with Crippen LogP contribution in [0.2, 0.25) is 0 Å². The highest BCUT2D eigenvalue weighted by Gasteiger charge is 2.15. The van der Waals surface area contributed by atoms with E-state index in [0.717, 1.165) is 45.0 Å². The monoisotopic (exact) mass is 425 g/mol. The van der Waals surface area contributed by atoms with Crippen molar-refractivity contribution in [1.29, 1.82) is 0 Å². The van der Waals surface area contributed by atoms with Crippen molar-refractivity contribution in [2.24, 2.45) is 0 Å². The molecule has 5 aromatic rings. The Morgan fingerprint density at radius 2 is 1.88 bits per heavy atom. The van der Waals surface area contributed by atoms with Crippen LogP contribution in [0.1, 0.15) is 22.8 Å². The summed E-state index contributed by atoms with van der Waals surface area (Å²) in [6, 6.07) is 17.6. The second-order valence-electron chi connectivity index (χ2n) is 7.91. The molecule has 0 aliphatic heterocycles. The summed E-state index contributed by atoms with van der Waals surface area (Å²) in [7, 11) is 1.80. The number of rotatable bonds is 5. The van der Waals surface area contributed by atoms with Gasteiger partial charge in [-0.2, -0.15) is 5.10 Å². The molecule has 5 rings (SSSR count). The first kappa shape index (κ1) is 19.8. The van der Waals surface area contributed by atoms with Crippen LogP contribution in [-0.2, 0) is 13.1 Å². The summed E-state index contributed by atoms with van der Waals surface area (Å²) in [5.74, 6) is -0.0429. The van der Waals surface area contributed by atoms with Gasteiger partial charge in [-0.05, 0) is 41.5 Å². The number of H-pyrrole nitrogens is 2. The minimum absolute atomic E-state index is 0.0429. The summed E-state index contributed by atoms with van der Waals surface area (Å²) in [5.41, 5.74) is 4.89. The average molecular weight is 425 g/mol. The number of para-hydroxylation sites is 1. The molecule has 0 saturated heterocycles. The number of aromatic amines is 2. The zero-order valence-corrected chi connectivity index (χ0v) is 17.9. The molecule has 0 spiro atoms. The number of benzene rings is 3. The molecule has 0 atom stereocenters. The predicted octanol–water partition coefficient (Wildman–Crippen LogP) is 4.17. The summed E-state index contributed by atoms with van der Waals surface area (Å²) in [6.07, 6.45) is 3.76. The van der Waals surface area contributed by atoms with Crippen LogP contribution in [0.5, 0.6) is 0 Å². The minimum atomic E-state index is -0.229. The van der Waals surface area contributed by atoms with Crippen molar-refractivity contribution in [3.8, 4) is 11.1 Å². The zero-order valence-electron chi connectivity index (χ0n) is 17.9. The third-order valence-corrected chi connectivity index (χ3v) is 5.75. The van der Waals surface area contributed by atoms with Crippen LogP contribution in [0.4, 0.5) is 0 Å². The number of carbonyl (C=O) groups excluding carboxylic acids is 1. The van der Waals surface area contributed by atoms with Crippen molar-refractivity contribution < 1.29 is 4.79 Å². The van der Waals surface area contributed by atoms with Crippen LogP contribution in [0, 0.1) is 0 Å². The van der Waals surface area contributed by atoms with E-state index in [1.54, 1.807) is 18.1 Å². The Morgan fingerprint density at radius 1 is 1.06 bits per heavy atom. The molecule has 3 aromatic carbocycles. The fourth-order valence-corrected chi connectivity index (χ4v) is 4.16. The lowest BCUT2D eigenvalue weighted by Gasteiger charge is -2.17. The number of carbonyl (C=O) groups is 1. The predicted molar refractivity (Wildman–Crippen MR) is 126 cm³/mol. The van der Waals surface area contributed by atoms with Gasteiger partial charge in [-0.15, -0.1) is 0 Å². The van der Waals surface area contributed by atoms with Gasteiger partial charge in [-0.1, -0.05) is 36.4 Å². The van der Waals surface area contributed by atoms with Crippen molar-refractivity contribution in [3.63, 3.8) is 0 Å². The van der Waals surface area contributed by atoms with E-state index >= 15 is 0 Å². The average Bonchev–Trinajstić information content (AvgIpc) is 3.42. The van der Waals surface area contributed by atoms with Crippen LogP contribution in [0.25, 0.3) is 32.9 Å². The molecule has 1 amide bonds. The van der Waals surface area contributed by atoms with Crippen LogP contribution >= 0.6 is 0 Å². The summed E-state index contributed by atoms with van der Waals surface area (Å²) < 4.78 is 1.85. The number of aromatic nitrogens is 4. The Kier molecular flexibility index (Phi) is 4.86. The van der Waals surface area contributed by atoms with Crippen LogP contribution < -0.4 is 5.69 Å². The van der Waals surface area contributed by atoms with Crippen molar-refractivity contribution in [2.45, 2.75) is 20.0 Å². The van der Waals surface area contributed by atoms with E-state index in [1.807, 2.05) is 72.4 Å². The quantitative estimate of drug-likeness (QED) is 0.443. The molecule has 2 N–H and O–H groups in total. The Bertz CT molecular complexity index is 1510. The van der Waals surface area contributed by atoms with Gasteiger partial charge < -0.3 is 14.9 Å². The Balaban J connectivity index is 1.49. The second-order valence-corrected chi connectivity index (χ2v) is 7.91. The van der Waals surface area contributed by atoms with Gasteiger partial charge in [0, 0.05) is 43.0 Å². The standard InChI is InChI=1S/C25H23N5O2/c1-3-30-15-16(13-26-30)14-29(2)24(31)18-10-11-19-17(12-18)6-4-7-20(19)21-8-5-9-22-23(21)28-25(32)27-22/h4-13,15H,3,14H2,1-2H3,(H2,27,28,32). The van der Waals surface area contributed by atoms with E-state index in [1.165, 1.54) is 0 Å². The largest absolute Gasteiger partial charge is 0.337 e. The third-order valence-electron chi connectivity index (χ3n) is 5.75. The molecule has 2 aromatic heterocycles. The Hall–Kier alpha value is -4.13. The number of hydrogen-bond donors (Lipinski definition) is 2. The molecular formula is C25H23N5O2. The fourth-order valence-electron chi connectivity index (χ4n) is 4.16. The summed E-state index contributed by atoms with van der Waals surface area (Å²) in [5, 5.41) is 6.26. The molecule has 160 valence electrons. The van der Waals surface area contributed by atoms with Gasteiger partial charge in [0.1, 0.15) is 0 Å². The first-order chi connectivity index (χ1) is 15.5. The SMILES string of the molecule is CCn1cc(CN(C)C(=O)c2ccc3c(-c4cccc5[nH]c(=O)[nH]c45)cccc3c2)cn1. The number of imidazole rings is 1. The van der Waals surface area contributed by atoms with Gasteiger partial charge >= 0.3 is 5.69 Å². The van der Waals surface area contributed by atoms with Crippen LogP contribution in [0.15, 0.2) is 71.8 Å². The number of nitrogens with zero attached hydrogens (tertiary/aromatic N) is 3. The third kappa shape index (κ3) is 3.47. The van der Waals surface area contributed by atoms with Crippen molar-refractivity contribution in [1.82, 2.24) is 24.6 Å². The highest BCUT2D eigenvalue weighted by Crippen LogP contribution is 2.32. The van der Waals surface area contributed by atoms with Crippen molar-refractivity contribution in [2.75, 3.05) is 7.05 Å². The highest BCUT2D eigenvalue weighted by atomic mass is 16.2. The van der Waals surface area contributed by atoms with Gasteiger partial charge in [-0.3, -0.25) is 9.48 Å². The second kappa shape index (κ2) is 7.85. The Labute approximate surface area is 184 Å². The maximum absolute atomic E-state index is 13.1. The summed E-state index contributed by atoms with van der Waals surface area (Å²) in [4.78, 5) is 32.3. The number of fused-ring (bicyclic) bond motifs is 2. The van der Waals surface area contributed by atoms with E-state index in [9.17, 15) is 9.59 Å². The van der Waals surface area contributed by atoms with E-state index in [4.69, 9.17) is 0 Å². The molecule has 32 heavy (non-hydrogen) atoms. The van der Waals surface area contributed by atoms with Crippen molar-refractivity contribution >= 4 is 27.7 Å². The maximum Gasteiger partial charge on any atom is 0.323 e. The first-order valence-corrected chi connectivity index (χ1v) is 10.5. The Morgan fingerprint density at radius 3 is 2.69 bits per heavy atom. The summed E-state index contributed by atoms with van der Waals surface area (Å²) in [6.45, 7) is 3.33.